The Kier molecular flexibility index (Phi) is 7.09. The van der Waals surface area contributed by atoms with Crippen LogP contribution >= 0.6 is 0 Å². The number of hydrogen-bond acceptors (Lipinski definition) is 6. The van der Waals surface area contributed by atoms with Gasteiger partial charge < -0.3 is 10.1 Å². The highest BCUT2D eigenvalue weighted by atomic mass is 16.5. The van der Waals surface area contributed by atoms with E-state index < -0.39 is 0 Å². The molecule has 3 rings (SSSR count). The molecule has 3 aromatic rings. The van der Waals surface area contributed by atoms with Crippen LogP contribution in [0.5, 0.6) is 5.75 Å². The normalized spacial score (nSPS) is 10.6. The predicted octanol–water partition coefficient (Wildman–Crippen LogP) is 1.07. The third kappa shape index (κ3) is 5.63. The molecular weight excluding hydrogens is 386 g/mol. The Balaban J connectivity index is 1.57. The number of amides is 1. The summed E-state index contributed by atoms with van der Waals surface area (Å²) in [7, 11) is 0. The minimum absolute atomic E-state index is 0.187. The third-order valence-electron chi connectivity index (χ3n) is 4.28. The zero-order chi connectivity index (χ0) is 21.3. The van der Waals surface area contributed by atoms with Crippen LogP contribution in [0.4, 0.5) is 0 Å². The molecule has 0 aliphatic carbocycles. The lowest BCUT2D eigenvalue weighted by atomic mass is 10.1. The summed E-state index contributed by atoms with van der Waals surface area (Å²) in [5, 5.41) is 11.0. The molecule has 9 heteroatoms. The Hall–Kier alpha value is -3.75. The second kappa shape index (κ2) is 10.1. The summed E-state index contributed by atoms with van der Waals surface area (Å²) in [5.74, 6) is 0.420. The molecule has 0 aliphatic heterocycles. The van der Waals surface area contributed by atoms with Gasteiger partial charge in [-0.25, -0.2) is 9.36 Å². The van der Waals surface area contributed by atoms with Gasteiger partial charge in [-0.3, -0.25) is 14.4 Å². The van der Waals surface area contributed by atoms with Gasteiger partial charge in [0.1, 0.15) is 12.3 Å². The van der Waals surface area contributed by atoms with E-state index in [1.54, 1.807) is 12.1 Å². The number of rotatable bonds is 9. The van der Waals surface area contributed by atoms with Crippen molar-refractivity contribution in [3.05, 3.63) is 75.4 Å². The van der Waals surface area contributed by atoms with E-state index in [9.17, 15) is 14.4 Å². The smallest absolute Gasteiger partial charge is 0.267 e. The summed E-state index contributed by atoms with van der Waals surface area (Å²) in [6.45, 7) is 3.05. The Morgan fingerprint density at radius 2 is 1.80 bits per heavy atom. The van der Waals surface area contributed by atoms with Crippen molar-refractivity contribution in [2.45, 2.75) is 26.4 Å². The van der Waals surface area contributed by atoms with Gasteiger partial charge in [-0.2, -0.15) is 10.2 Å². The van der Waals surface area contributed by atoms with E-state index in [2.05, 4.69) is 15.5 Å². The number of ether oxygens (including phenoxy) is 1. The molecule has 0 bridgehead atoms. The lowest BCUT2D eigenvalue weighted by Crippen LogP contribution is -2.34. The van der Waals surface area contributed by atoms with Gasteiger partial charge in [0.25, 0.3) is 11.1 Å². The molecule has 0 unspecified atom stereocenters. The molecular formula is C21H23N5O4. The van der Waals surface area contributed by atoms with Crippen molar-refractivity contribution in [2.24, 2.45) is 0 Å². The van der Waals surface area contributed by atoms with E-state index in [0.29, 0.717) is 31.8 Å². The monoisotopic (exact) mass is 409 g/mol. The first-order chi connectivity index (χ1) is 14.6. The van der Waals surface area contributed by atoms with Gasteiger partial charge in [-0.15, -0.1) is 0 Å². The van der Waals surface area contributed by atoms with Crippen molar-refractivity contribution >= 4 is 5.91 Å². The van der Waals surface area contributed by atoms with Gasteiger partial charge in [0, 0.05) is 37.0 Å². The fourth-order valence-electron chi connectivity index (χ4n) is 2.81. The van der Waals surface area contributed by atoms with Crippen molar-refractivity contribution in [1.82, 2.24) is 24.9 Å². The molecule has 2 aromatic heterocycles. The molecule has 0 radical (unpaired) electrons. The minimum Gasteiger partial charge on any atom is -0.494 e. The van der Waals surface area contributed by atoms with Crippen molar-refractivity contribution in [2.75, 3.05) is 13.2 Å². The van der Waals surface area contributed by atoms with Crippen LogP contribution in [-0.4, -0.2) is 38.6 Å². The lowest BCUT2D eigenvalue weighted by molar-refractivity contribution is -0.121. The van der Waals surface area contributed by atoms with Crippen LogP contribution in [0.15, 0.2) is 64.3 Å². The molecule has 1 amide bonds. The zero-order valence-electron chi connectivity index (χ0n) is 16.7. The number of benzene rings is 1. The van der Waals surface area contributed by atoms with E-state index >= 15 is 0 Å². The highest BCUT2D eigenvalue weighted by molar-refractivity contribution is 5.75. The molecule has 0 saturated heterocycles. The maximum Gasteiger partial charge on any atom is 0.267 e. The maximum atomic E-state index is 12.2. The molecule has 0 aliphatic rings. The second-order valence-electron chi connectivity index (χ2n) is 6.46. The van der Waals surface area contributed by atoms with Crippen LogP contribution in [-0.2, 0) is 17.9 Å². The number of nitrogens with zero attached hydrogens (tertiary/aromatic N) is 4. The molecule has 9 nitrogen and oxygen atoms in total. The average molecular weight is 409 g/mol. The topological polar surface area (TPSA) is 108 Å². The van der Waals surface area contributed by atoms with Gasteiger partial charge in [-0.05, 0) is 49.7 Å². The first-order valence-electron chi connectivity index (χ1n) is 9.67. The first-order valence-corrected chi connectivity index (χ1v) is 9.67. The lowest BCUT2D eigenvalue weighted by Gasteiger charge is -2.09. The van der Waals surface area contributed by atoms with Gasteiger partial charge in [0.15, 0.2) is 0 Å². The highest BCUT2D eigenvalue weighted by Gasteiger charge is 2.08. The fraction of sp³-hybridized carbons (Fsp3) is 0.286. The molecule has 2 heterocycles. The molecule has 30 heavy (non-hydrogen) atoms. The number of aromatic nitrogens is 4. The van der Waals surface area contributed by atoms with E-state index in [4.69, 9.17) is 4.74 Å². The molecule has 1 N–H and O–H groups in total. The summed E-state index contributed by atoms with van der Waals surface area (Å²) in [6, 6.07) is 13.4. The van der Waals surface area contributed by atoms with E-state index in [-0.39, 0.29) is 23.6 Å². The Morgan fingerprint density at radius 1 is 1.03 bits per heavy atom. The number of nitrogens with one attached hydrogen (secondary N) is 1. The van der Waals surface area contributed by atoms with Gasteiger partial charge >= 0.3 is 0 Å². The average Bonchev–Trinajstić information content (AvgIpc) is 2.75. The van der Waals surface area contributed by atoms with E-state index in [1.165, 1.54) is 23.0 Å². The summed E-state index contributed by atoms with van der Waals surface area (Å²) in [5.41, 5.74) is 0.846. The van der Waals surface area contributed by atoms with Crippen molar-refractivity contribution in [1.29, 1.82) is 0 Å². The van der Waals surface area contributed by atoms with Crippen LogP contribution in [0.1, 0.15) is 13.3 Å². The second-order valence-corrected chi connectivity index (χ2v) is 6.46. The van der Waals surface area contributed by atoms with Crippen LogP contribution in [0.2, 0.25) is 0 Å². The zero-order valence-corrected chi connectivity index (χ0v) is 16.7. The largest absolute Gasteiger partial charge is 0.494 e. The Bertz CT molecular complexity index is 1110. The number of carbonyl (C=O) groups excluding carboxylic acids is 1. The van der Waals surface area contributed by atoms with Gasteiger partial charge in [0.2, 0.25) is 5.91 Å². The van der Waals surface area contributed by atoms with Crippen LogP contribution in [0.3, 0.4) is 0 Å². The van der Waals surface area contributed by atoms with Crippen molar-refractivity contribution in [3.63, 3.8) is 0 Å². The summed E-state index contributed by atoms with van der Waals surface area (Å²) in [4.78, 5) is 35.9. The van der Waals surface area contributed by atoms with E-state index in [1.807, 2.05) is 31.2 Å². The van der Waals surface area contributed by atoms with Gasteiger partial charge in [0.05, 0.1) is 12.3 Å². The van der Waals surface area contributed by atoms with Crippen LogP contribution in [0, 0.1) is 0 Å². The molecule has 0 fully saturated rings. The standard InChI is InChI=1S/C21H23N5O4/c1-2-30-17-8-6-16(7-9-17)18-10-11-21(29)26(24-18)15-19(27)22-12-4-14-25-20(28)5-3-13-23-25/h3,5-11,13H,2,4,12,14-15H2,1H3,(H,22,27). The van der Waals surface area contributed by atoms with E-state index in [0.717, 1.165) is 16.0 Å². The predicted molar refractivity (Wildman–Crippen MR) is 111 cm³/mol. The molecule has 1 aromatic carbocycles. The fourth-order valence-corrected chi connectivity index (χ4v) is 2.81. The summed E-state index contributed by atoms with van der Waals surface area (Å²) < 4.78 is 7.88. The van der Waals surface area contributed by atoms with Crippen LogP contribution < -0.4 is 21.2 Å². The summed E-state index contributed by atoms with van der Waals surface area (Å²) in [6.07, 6.45) is 2.08. The SMILES string of the molecule is CCOc1ccc(-c2ccc(=O)n(CC(=O)NCCCn3ncccc3=O)n2)cc1. The number of hydrogen-bond donors (Lipinski definition) is 1. The number of carbonyl (C=O) groups is 1. The van der Waals surface area contributed by atoms with Gasteiger partial charge in [-0.1, -0.05) is 0 Å². The maximum absolute atomic E-state index is 12.2. The third-order valence-corrected chi connectivity index (χ3v) is 4.28. The molecule has 0 spiro atoms. The first kappa shape index (κ1) is 21.0. The van der Waals surface area contributed by atoms with Crippen LogP contribution in [0.25, 0.3) is 11.3 Å². The highest BCUT2D eigenvalue weighted by Crippen LogP contribution is 2.19. The molecule has 0 saturated carbocycles. The Labute approximate surface area is 172 Å². The summed E-state index contributed by atoms with van der Waals surface area (Å²) >= 11 is 0. The molecule has 156 valence electrons. The Morgan fingerprint density at radius 3 is 2.53 bits per heavy atom. The minimum atomic E-state index is -0.361. The van der Waals surface area contributed by atoms with Crippen molar-refractivity contribution in [3.8, 4) is 17.0 Å². The van der Waals surface area contributed by atoms with Crippen molar-refractivity contribution < 1.29 is 9.53 Å². The molecule has 0 atom stereocenters. The quantitative estimate of drug-likeness (QED) is 0.530. The number of aryl methyl sites for hydroxylation is 1.